The van der Waals surface area contributed by atoms with Gasteiger partial charge < -0.3 is 5.32 Å². The van der Waals surface area contributed by atoms with E-state index in [-0.39, 0.29) is 0 Å². The Kier molecular flexibility index (Phi) is 4.83. The molecule has 1 unspecified atom stereocenters. The highest BCUT2D eigenvalue weighted by Crippen LogP contribution is 2.21. The molecule has 1 atom stereocenters. The van der Waals surface area contributed by atoms with Gasteiger partial charge in [-0.3, -0.25) is 0 Å². The van der Waals surface area contributed by atoms with Crippen molar-refractivity contribution >= 4 is 0 Å². The maximum Gasteiger partial charge on any atom is 0.0322 e. The molecule has 0 saturated heterocycles. The highest BCUT2D eigenvalue weighted by atomic mass is 14.9. The molecule has 1 rings (SSSR count). The molecule has 0 saturated carbocycles. The van der Waals surface area contributed by atoms with Gasteiger partial charge in [-0.05, 0) is 31.4 Å². The molecule has 0 radical (unpaired) electrons. The van der Waals surface area contributed by atoms with Gasteiger partial charge in [-0.2, -0.15) is 0 Å². The molecule has 0 fully saturated rings. The van der Waals surface area contributed by atoms with Gasteiger partial charge in [0.15, 0.2) is 0 Å². The van der Waals surface area contributed by atoms with Crippen LogP contribution in [0.15, 0.2) is 24.3 Å². The lowest BCUT2D eigenvalue weighted by Gasteiger charge is -2.20. The highest BCUT2D eigenvalue weighted by molar-refractivity contribution is 5.25. The van der Waals surface area contributed by atoms with Crippen molar-refractivity contribution in [1.82, 2.24) is 5.32 Å². The molecule has 1 heteroatoms. The lowest BCUT2D eigenvalue weighted by atomic mass is 9.96. The number of benzene rings is 1. The van der Waals surface area contributed by atoms with Gasteiger partial charge in [-0.25, -0.2) is 0 Å². The second kappa shape index (κ2) is 5.92. The topological polar surface area (TPSA) is 12.0 Å². The third-order valence-electron chi connectivity index (χ3n) is 2.60. The Morgan fingerprint density at radius 2 is 2.00 bits per heavy atom. The van der Waals surface area contributed by atoms with Crippen LogP contribution >= 0.6 is 0 Å². The first-order valence-corrected chi connectivity index (χ1v) is 5.93. The van der Waals surface area contributed by atoms with Crippen molar-refractivity contribution in [3.05, 3.63) is 35.4 Å². The molecule has 15 heavy (non-hydrogen) atoms. The lowest BCUT2D eigenvalue weighted by molar-refractivity contribution is 0.438. The number of hydrogen-bond donors (Lipinski definition) is 1. The predicted molar refractivity (Wildman–Crippen MR) is 67.1 cm³/mol. The SMILES string of the molecule is CCNC(CC(C)C)c1cccc(C)c1. The van der Waals surface area contributed by atoms with Gasteiger partial charge in [0.05, 0.1) is 0 Å². The van der Waals surface area contributed by atoms with Crippen LogP contribution in [0.1, 0.15) is 44.4 Å². The minimum Gasteiger partial charge on any atom is -0.310 e. The van der Waals surface area contributed by atoms with Gasteiger partial charge in [0.1, 0.15) is 0 Å². The van der Waals surface area contributed by atoms with Crippen molar-refractivity contribution in [3.8, 4) is 0 Å². The lowest BCUT2D eigenvalue weighted by Crippen LogP contribution is -2.22. The molecule has 1 nitrogen and oxygen atoms in total. The van der Waals surface area contributed by atoms with Crippen LogP contribution in [0.5, 0.6) is 0 Å². The van der Waals surface area contributed by atoms with Gasteiger partial charge in [0, 0.05) is 6.04 Å². The molecule has 1 aromatic carbocycles. The molecule has 0 amide bonds. The summed E-state index contributed by atoms with van der Waals surface area (Å²) in [7, 11) is 0. The van der Waals surface area contributed by atoms with E-state index < -0.39 is 0 Å². The van der Waals surface area contributed by atoms with Gasteiger partial charge in [-0.15, -0.1) is 0 Å². The number of nitrogens with one attached hydrogen (secondary N) is 1. The summed E-state index contributed by atoms with van der Waals surface area (Å²) in [6.07, 6.45) is 1.21. The van der Waals surface area contributed by atoms with Crippen molar-refractivity contribution in [2.75, 3.05) is 6.54 Å². The highest BCUT2D eigenvalue weighted by Gasteiger charge is 2.11. The average Bonchev–Trinajstić information content (AvgIpc) is 2.16. The van der Waals surface area contributed by atoms with E-state index in [4.69, 9.17) is 0 Å². The molecular formula is C14H23N. The molecule has 0 spiro atoms. The Morgan fingerprint density at radius 1 is 1.27 bits per heavy atom. The zero-order chi connectivity index (χ0) is 11.3. The van der Waals surface area contributed by atoms with Crippen LogP contribution in [0.3, 0.4) is 0 Å². The van der Waals surface area contributed by atoms with Crippen molar-refractivity contribution in [3.63, 3.8) is 0 Å². The molecule has 1 aromatic rings. The fraction of sp³-hybridized carbons (Fsp3) is 0.571. The molecule has 0 bridgehead atoms. The summed E-state index contributed by atoms with van der Waals surface area (Å²) in [5.74, 6) is 0.731. The number of aryl methyl sites for hydroxylation is 1. The normalized spacial score (nSPS) is 13.1. The molecule has 84 valence electrons. The summed E-state index contributed by atoms with van der Waals surface area (Å²) in [4.78, 5) is 0. The summed E-state index contributed by atoms with van der Waals surface area (Å²) >= 11 is 0. The second-order valence-corrected chi connectivity index (χ2v) is 4.65. The predicted octanol–water partition coefficient (Wildman–Crippen LogP) is 3.69. The fourth-order valence-corrected chi connectivity index (χ4v) is 1.94. The van der Waals surface area contributed by atoms with Crippen molar-refractivity contribution in [2.45, 2.75) is 40.2 Å². The van der Waals surface area contributed by atoms with Gasteiger partial charge in [-0.1, -0.05) is 50.6 Å². The van der Waals surface area contributed by atoms with Crippen molar-refractivity contribution in [2.24, 2.45) is 5.92 Å². The van der Waals surface area contributed by atoms with Crippen LogP contribution in [0.2, 0.25) is 0 Å². The molecular weight excluding hydrogens is 182 g/mol. The third-order valence-corrected chi connectivity index (χ3v) is 2.60. The first kappa shape index (κ1) is 12.3. The molecule has 0 aliphatic rings. The Bertz CT molecular complexity index is 291. The monoisotopic (exact) mass is 205 g/mol. The van der Waals surface area contributed by atoms with Crippen LogP contribution in [0, 0.1) is 12.8 Å². The summed E-state index contributed by atoms with van der Waals surface area (Å²) < 4.78 is 0. The zero-order valence-corrected chi connectivity index (χ0v) is 10.4. The zero-order valence-electron chi connectivity index (χ0n) is 10.4. The van der Waals surface area contributed by atoms with E-state index in [1.165, 1.54) is 17.5 Å². The second-order valence-electron chi connectivity index (χ2n) is 4.65. The third kappa shape index (κ3) is 4.05. The molecule has 1 N–H and O–H groups in total. The Labute approximate surface area is 93.9 Å². The summed E-state index contributed by atoms with van der Waals surface area (Å²) in [6.45, 7) is 9.91. The van der Waals surface area contributed by atoms with Crippen LogP contribution < -0.4 is 5.32 Å². The summed E-state index contributed by atoms with van der Waals surface area (Å²) in [5.41, 5.74) is 2.77. The van der Waals surface area contributed by atoms with E-state index >= 15 is 0 Å². The smallest absolute Gasteiger partial charge is 0.0322 e. The van der Waals surface area contributed by atoms with E-state index in [2.05, 4.69) is 57.3 Å². The van der Waals surface area contributed by atoms with Crippen molar-refractivity contribution < 1.29 is 0 Å². The number of rotatable bonds is 5. The van der Waals surface area contributed by atoms with Crippen LogP contribution in [0.4, 0.5) is 0 Å². The average molecular weight is 205 g/mol. The minimum absolute atomic E-state index is 0.509. The van der Waals surface area contributed by atoms with E-state index in [9.17, 15) is 0 Å². The maximum atomic E-state index is 3.56. The molecule has 0 heterocycles. The van der Waals surface area contributed by atoms with E-state index in [1.807, 2.05) is 0 Å². The number of hydrogen-bond acceptors (Lipinski definition) is 1. The van der Waals surface area contributed by atoms with E-state index in [0.29, 0.717) is 6.04 Å². The first-order chi connectivity index (χ1) is 7.13. The van der Waals surface area contributed by atoms with Gasteiger partial charge in [0.2, 0.25) is 0 Å². The van der Waals surface area contributed by atoms with E-state index in [0.717, 1.165) is 12.5 Å². The first-order valence-electron chi connectivity index (χ1n) is 5.93. The summed E-state index contributed by atoms with van der Waals surface area (Å²) in [5, 5.41) is 3.56. The Hall–Kier alpha value is -0.820. The molecule has 0 aromatic heterocycles. The van der Waals surface area contributed by atoms with Crippen LogP contribution in [-0.2, 0) is 0 Å². The Morgan fingerprint density at radius 3 is 2.53 bits per heavy atom. The Balaban J connectivity index is 2.78. The molecule has 0 aliphatic heterocycles. The van der Waals surface area contributed by atoms with Crippen LogP contribution in [0.25, 0.3) is 0 Å². The van der Waals surface area contributed by atoms with E-state index in [1.54, 1.807) is 0 Å². The van der Waals surface area contributed by atoms with Crippen molar-refractivity contribution in [1.29, 1.82) is 0 Å². The quantitative estimate of drug-likeness (QED) is 0.773. The van der Waals surface area contributed by atoms with Gasteiger partial charge >= 0.3 is 0 Å². The largest absolute Gasteiger partial charge is 0.310 e. The fourth-order valence-electron chi connectivity index (χ4n) is 1.94. The minimum atomic E-state index is 0.509. The van der Waals surface area contributed by atoms with Crippen LogP contribution in [-0.4, -0.2) is 6.54 Å². The van der Waals surface area contributed by atoms with Gasteiger partial charge in [0.25, 0.3) is 0 Å². The summed E-state index contributed by atoms with van der Waals surface area (Å²) in [6, 6.07) is 9.32. The standard InChI is InChI=1S/C14H23N/c1-5-15-14(9-11(2)3)13-8-6-7-12(4)10-13/h6-8,10-11,14-15H,5,9H2,1-4H3. The maximum absolute atomic E-state index is 3.56. The molecule has 0 aliphatic carbocycles.